The Morgan fingerprint density at radius 2 is 1.75 bits per heavy atom. The molecule has 7 nitrogen and oxygen atoms in total. The smallest absolute Gasteiger partial charge is 0.343 e. The predicted octanol–water partition coefficient (Wildman–Crippen LogP) is 1.56. The number of ether oxygens (including phenoxy) is 1. The molecule has 0 saturated carbocycles. The van der Waals surface area contributed by atoms with Gasteiger partial charge in [-0.15, -0.1) is 0 Å². The van der Waals surface area contributed by atoms with Crippen molar-refractivity contribution in [2.75, 3.05) is 12.3 Å². The second-order valence-electron chi connectivity index (χ2n) is 5.26. The first kappa shape index (κ1) is 16.1. The number of nitrogen functional groups attached to an aromatic ring is 1. The third kappa shape index (κ3) is 2.44. The van der Waals surface area contributed by atoms with Gasteiger partial charge in [0.1, 0.15) is 5.75 Å². The summed E-state index contributed by atoms with van der Waals surface area (Å²) >= 11 is 0. The molecule has 0 atom stereocenters. The van der Waals surface area contributed by atoms with Crippen LogP contribution >= 0.6 is 0 Å². The summed E-state index contributed by atoms with van der Waals surface area (Å²) in [6.45, 7) is 2.32. The molecule has 1 aromatic heterocycles. The molecule has 0 aliphatic rings. The van der Waals surface area contributed by atoms with Crippen LogP contribution in [0, 0.1) is 0 Å². The average molecular weight is 347 g/mol. The number of aromatic nitrogens is 2. The van der Waals surface area contributed by atoms with Gasteiger partial charge in [0.25, 0.3) is 10.0 Å². The third-order valence-electron chi connectivity index (χ3n) is 3.71. The molecule has 0 radical (unpaired) electrons. The van der Waals surface area contributed by atoms with E-state index in [2.05, 4.69) is 0 Å². The Morgan fingerprint density at radius 3 is 2.38 bits per heavy atom. The van der Waals surface area contributed by atoms with Gasteiger partial charge in [0.05, 0.1) is 22.5 Å². The van der Waals surface area contributed by atoms with Crippen LogP contribution in [0.4, 0.5) is 5.69 Å². The number of hydrogen-bond acceptors (Lipinski definition) is 5. The number of imidazole rings is 1. The average Bonchev–Trinajstić information content (AvgIpc) is 2.79. The van der Waals surface area contributed by atoms with Gasteiger partial charge in [-0.3, -0.25) is 4.57 Å². The molecule has 0 bridgehead atoms. The molecule has 3 aromatic rings. The Morgan fingerprint density at radius 1 is 1.08 bits per heavy atom. The summed E-state index contributed by atoms with van der Waals surface area (Å²) in [6, 6.07) is 10.7. The first-order valence-electron chi connectivity index (χ1n) is 7.31. The molecule has 0 saturated heterocycles. The van der Waals surface area contributed by atoms with Gasteiger partial charge in [-0.25, -0.2) is 13.2 Å². The van der Waals surface area contributed by atoms with E-state index in [1.165, 1.54) is 29.8 Å². The number of benzene rings is 2. The lowest BCUT2D eigenvalue weighted by molar-refractivity contribution is 0.340. The standard InChI is InChI=1S/C16H17N3O4S/c1-3-23-12-5-7-13(8-6-12)24(21,22)19-15-10-11(17)4-9-14(15)18(2)16(19)20/h4-10H,3,17H2,1-2H3. The zero-order valence-corrected chi connectivity index (χ0v) is 14.1. The van der Waals surface area contributed by atoms with Gasteiger partial charge >= 0.3 is 5.69 Å². The summed E-state index contributed by atoms with van der Waals surface area (Å²) in [5.74, 6) is 0.561. The van der Waals surface area contributed by atoms with Crippen molar-refractivity contribution in [1.29, 1.82) is 0 Å². The molecule has 0 unspecified atom stereocenters. The maximum absolute atomic E-state index is 12.9. The van der Waals surface area contributed by atoms with Crippen LogP contribution in [0.5, 0.6) is 5.75 Å². The maximum atomic E-state index is 12.9. The third-order valence-corrected chi connectivity index (χ3v) is 5.41. The van der Waals surface area contributed by atoms with Crippen molar-refractivity contribution >= 4 is 26.7 Å². The van der Waals surface area contributed by atoms with Crippen molar-refractivity contribution in [1.82, 2.24) is 8.54 Å². The Hall–Kier alpha value is -2.74. The topological polar surface area (TPSA) is 96.3 Å². The molecule has 0 spiro atoms. The summed E-state index contributed by atoms with van der Waals surface area (Å²) in [7, 11) is -2.53. The van der Waals surface area contributed by atoms with Gasteiger partial charge in [-0.2, -0.15) is 3.97 Å². The van der Waals surface area contributed by atoms with Crippen LogP contribution in [0.2, 0.25) is 0 Å². The van der Waals surface area contributed by atoms with E-state index in [1.807, 2.05) is 6.92 Å². The maximum Gasteiger partial charge on any atom is 0.343 e. The van der Waals surface area contributed by atoms with E-state index in [9.17, 15) is 13.2 Å². The Balaban J connectivity index is 2.24. The minimum atomic E-state index is -4.05. The molecule has 0 fully saturated rings. The molecule has 1 heterocycles. The number of anilines is 1. The van der Waals surface area contributed by atoms with Gasteiger partial charge in [0.2, 0.25) is 0 Å². The lowest BCUT2D eigenvalue weighted by Gasteiger charge is -2.08. The normalized spacial score (nSPS) is 11.8. The molecule has 0 amide bonds. The molecule has 8 heteroatoms. The second-order valence-corrected chi connectivity index (χ2v) is 7.05. The fourth-order valence-corrected chi connectivity index (χ4v) is 3.97. The number of nitrogens with two attached hydrogens (primary N) is 1. The first-order valence-corrected chi connectivity index (χ1v) is 8.75. The van der Waals surface area contributed by atoms with E-state index in [4.69, 9.17) is 10.5 Å². The van der Waals surface area contributed by atoms with Crippen LogP contribution in [0.1, 0.15) is 6.92 Å². The van der Waals surface area contributed by atoms with Crippen LogP contribution in [0.15, 0.2) is 52.2 Å². The van der Waals surface area contributed by atoms with Crippen molar-refractivity contribution in [2.24, 2.45) is 7.05 Å². The van der Waals surface area contributed by atoms with E-state index < -0.39 is 15.7 Å². The highest BCUT2D eigenvalue weighted by Gasteiger charge is 2.24. The van der Waals surface area contributed by atoms with Crippen LogP contribution in [0.3, 0.4) is 0 Å². The largest absolute Gasteiger partial charge is 0.494 e. The monoisotopic (exact) mass is 347 g/mol. The summed E-state index contributed by atoms with van der Waals surface area (Å²) < 4.78 is 33.2. The molecule has 24 heavy (non-hydrogen) atoms. The summed E-state index contributed by atoms with van der Waals surface area (Å²) in [6.07, 6.45) is 0. The Kier molecular flexibility index (Phi) is 3.84. The highest BCUT2D eigenvalue weighted by Crippen LogP contribution is 2.23. The van der Waals surface area contributed by atoms with E-state index in [0.717, 1.165) is 3.97 Å². The molecule has 0 aliphatic heterocycles. The lowest BCUT2D eigenvalue weighted by Crippen LogP contribution is -2.28. The van der Waals surface area contributed by atoms with Crippen LogP contribution in [0.25, 0.3) is 11.0 Å². The van der Waals surface area contributed by atoms with Crippen LogP contribution < -0.4 is 16.2 Å². The van der Waals surface area contributed by atoms with E-state index in [1.54, 1.807) is 24.3 Å². The molecule has 0 aliphatic carbocycles. The summed E-state index contributed by atoms with van der Waals surface area (Å²) in [5.41, 5.74) is 6.22. The van der Waals surface area contributed by atoms with E-state index >= 15 is 0 Å². The quantitative estimate of drug-likeness (QED) is 0.723. The molecule has 2 N–H and O–H groups in total. The van der Waals surface area contributed by atoms with Gasteiger partial charge < -0.3 is 10.5 Å². The second kappa shape index (κ2) is 5.72. The van der Waals surface area contributed by atoms with Gasteiger partial charge in [-0.1, -0.05) is 0 Å². The molecular weight excluding hydrogens is 330 g/mol. The molecule has 3 rings (SSSR count). The number of rotatable bonds is 4. The van der Waals surface area contributed by atoms with Crippen molar-refractivity contribution in [2.45, 2.75) is 11.8 Å². The number of hydrogen-bond donors (Lipinski definition) is 1. The fourth-order valence-electron chi connectivity index (χ4n) is 2.54. The Bertz CT molecular complexity index is 1060. The molecule has 126 valence electrons. The summed E-state index contributed by atoms with van der Waals surface area (Å²) in [4.78, 5) is 12.5. The number of aryl methyl sites for hydroxylation is 1. The predicted molar refractivity (Wildman–Crippen MR) is 91.8 cm³/mol. The Labute approximate surface area is 138 Å². The van der Waals surface area contributed by atoms with Crippen LogP contribution in [-0.2, 0) is 17.1 Å². The minimum Gasteiger partial charge on any atom is -0.494 e. The highest BCUT2D eigenvalue weighted by atomic mass is 32.2. The van der Waals surface area contributed by atoms with Gasteiger partial charge in [-0.05, 0) is 49.4 Å². The lowest BCUT2D eigenvalue weighted by atomic mass is 10.3. The van der Waals surface area contributed by atoms with Crippen molar-refractivity contribution in [3.8, 4) is 5.75 Å². The highest BCUT2D eigenvalue weighted by molar-refractivity contribution is 7.90. The van der Waals surface area contributed by atoms with E-state index in [0.29, 0.717) is 23.6 Å². The van der Waals surface area contributed by atoms with Crippen molar-refractivity contribution in [3.63, 3.8) is 0 Å². The molecule has 2 aromatic carbocycles. The fraction of sp³-hybridized carbons (Fsp3) is 0.188. The SMILES string of the molecule is CCOc1ccc(S(=O)(=O)n2c(=O)n(C)c3ccc(N)cc32)cc1. The van der Waals surface area contributed by atoms with Gasteiger partial charge in [0, 0.05) is 12.7 Å². The number of fused-ring (bicyclic) bond motifs is 1. The zero-order chi connectivity index (χ0) is 17.5. The first-order chi connectivity index (χ1) is 11.4. The zero-order valence-electron chi connectivity index (χ0n) is 13.3. The minimum absolute atomic E-state index is 0.00276. The summed E-state index contributed by atoms with van der Waals surface area (Å²) in [5, 5.41) is 0. The van der Waals surface area contributed by atoms with Gasteiger partial charge in [0.15, 0.2) is 0 Å². The molecular formula is C16H17N3O4S. The van der Waals surface area contributed by atoms with Crippen molar-refractivity contribution in [3.05, 3.63) is 52.9 Å². The van der Waals surface area contributed by atoms with Crippen molar-refractivity contribution < 1.29 is 13.2 Å². The van der Waals surface area contributed by atoms with E-state index in [-0.39, 0.29) is 10.4 Å². The number of nitrogens with zero attached hydrogens (tertiary/aromatic N) is 2. The van der Waals surface area contributed by atoms with Crippen LogP contribution in [-0.4, -0.2) is 23.6 Å².